The van der Waals surface area contributed by atoms with E-state index in [-0.39, 0.29) is 5.82 Å². The van der Waals surface area contributed by atoms with E-state index in [4.69, 9.17) is 0 Å². The number of hydrogen-bond acceptors (Lipinski definition) is 6. The molecule has 0 amide bonds. The third-order valence-electron chi connectivity index (χ3n) is 2.87. The first-order valence-corrected chi connectivity index (χ1v) is 9.17. The fourth-order valence-electron chi connectivity index (χ4n) is 1.75. The van der Waals surface area contributed by atoms with Crippen LogP contribution in [0.4, 0.5) is 4.39 Å². The Balaban J connectivity index is 1.70. The average molecular weight is 327 g/mol. The van der Waals surface area contributed by atoms with E-state index in [1.54, 1.807) is 23.9 Å². The maximum atomic E-state index is 13.7. The van der Waals surface area contributed by atoms with E-state index in [0.29, 0.717) is 6.04 Å². The molecule has 0 aliphatic heterocycles. The van der Waals surface area contributed by atoms with Crippen LogP contribution >= 0.6 is 34.9 Å². The molecular formula is C13H14FN3S3. The first kappa shape index (κ1) is 14.3. The summed E-state index contributed by atoms with van der Waals surface area (Å²) in [6.45, 7) is 0.724. The highest BCUT2D eigenvalue weighted by Crippen LogP contribution is 2.33. The Labute approximate surface area is 129 Å². The molecule has 2 aromatic rings. The van der Waals surface area contributed by atoms with Crippen molar-refractivity contribution in [2.75, 3.05) is 6.26 Å². The van der Waals surface area contributed by atoms with Gasteiger partial charge in [-0.05, 0) is 42.9 Å². The molecule has 3 rings (SSSR count). The van der Waals surface area contributed by atoms with Crippen molar-refractivity contribution in [3.05, 3.63) is 29.6 Å². The van der Waals surface area contributed by atoms with Gasteiger partial charge in [0.25, 0.3) is 0 Å². The van der Waals surface area contributed by atoms with Crippen molar-refractivity contribution in [3.63, 3.8) is 0 Å². The minimum atomic E-state index is -0.197. The van der Waals surface area contributed by atoms with E-state index in [2.05, 4.69) is 15.5 Å². The summed E-state index contributed by atoms with van der Waals surface area (Å²) in [5.41, 5.74) is 0.981. The molecule has 1 aliphatic carbocycles. The number of nitrogens with zero attached hydrogens (tertiary/aromatic N) is 2. The Morgan fingerprint density at radius 1 is 1.30 bits per heavy atom. The topological polar surface area (TPSA) is 37.8 Å². The quantitative estimate of drug-likeness (QED) is 0.817. The summed E-state index contributed by atoms with van der Waals surface area (Å²) in [7, 11) is 0. The summed E-state index contributed by atoms with van der Waals surface area (Å²) in [4.78, 5) is 0.876. The zero-order valence-electron chi connectivity index (χ0n) is 10.9. The highest BCUT2D eigenvalue weighted by Gasteiger charge is 2.20. The van der Waals surface area contributed by atoms with Crippen molar-refractivity contribution < 1.29 is 4.39 Å². The molecule has 7 heteroatoms. The lowest BCUT2D eigenvalue weighted by Crippen LogP contribution is -2.15. The van der Waals surface area contributed by atoms with Crippen LogP contribution in [0.25, 0.3) is 0 Å². The van der Waals surface area contributed by atoms with Crippen molar-refractivity contribution in [2.45, 2.75) is 39.0 Å². The van der Waals surface area contributed by atoms with Gasteiger partial charge in [0, 0.05) is 17.5 Å². The van der Waals surface area contributed by atoms with E-state index in [9.17, 15) is 4.39 Å². The Hall–Kier alpha value is -0.630. The zero-order chi connectivity index (χ0) is 13.9. The highest BCUT2D eigenvalue weighted by molar-refractivity contribution is 8.03. The van der Waals surface area contributed by atoms with Gasteiger partial charge in [-0.25, -0.2) is 4.39 Å². The normalized spacial score (nSPS) is 14.7. The minimum Gasteiger partial charge on any atom is -0.310 e. The van der Waals surface area contributed by atoms with Gasteiger partial charge in [-0.1, -0.05) is 34.9 Å². The SMILES string of the molecule is CSc1nnc(Sc2cc(F)cc(CNC3CC3)c2)s1. The summed E-state index contributed by atoms with van der Waals surface area (Å²) in [6.07, 6.45) is 4.44. The van der Waals surface area contributed by atoms with Crippen LogP contribution in [0.2, 0.25) is 0 Å². The molecular weight excluding hydrogens is 313 g/mol. The van der Waals surface area contributed by atoms with Gasteiger partial charge in [0.1, 0.15) is 5.82 Å². The van der Waals surface area contributed by atoms with Crippen LogP contribution in [0.15, 0.2) is 31.8 Å². The smallest absolute Gasteiger partial charge is 0.179 e. The van der Waals surface area contributed by atoms with E-state index in [1.165, 1.54) is 35.9 Å². The first-order chi connectivity index (χ1) is 9.72. The molecule has 1 saturated carbocycles. The van der Waals surface area contributed by atoms with E-state index in [1.807, 2.05) is 12.3 Å². The number of nitrogens with one attached hydrogen (secondary N) is 1. The van der Waals surface area contributed by atoms with Gasteiger partial charge in [0.05, 0.1) is 0 Å². The first-order valence-electron chi connectivity index (χ1n) is 6.31. The molecule has 0 saturated heterocycles. The standard InChI is InChI=1S/C13H14FN3S3/c1-18-12-16-17-13(20-12)19-11-5-8(4-9(14)6-11)7-15-10-2-3-10/h4-6,10,15H,2-3,7H2,1H3. The molecule has 1 fully saturated rings. The summed E-state index contributed by atoms with van der Waals surface area (Å²) in [6, 6.07) is 5.78. The number of thioether (sulfide) groups is 1. The second-order valence-corrected chi connectivity index (χ2v) is 7.94. The second-order valence-electron chi connectivity index (χ2n) is 4.59. The van der Waals surface area contributed by atoms with Crippen LogP contribution in [-0.2, 0) is 6.54 Å². The molecule has 1 aliphatic rings. The summed E-state index contributed by atoms with van der Waals surface area (Å²) < 4.78 is 15.4. The van der Waals surface area contributed by atoms with E-state index >= 15 is 0 Å². The molecule has 1 aromatic heterocycles. The number of hydrogen-bond donors (Lipinski definition) is 1. The van der Waals surface area contributed by atoms with Crippen LogP contribution in [0.3, 0.4) is 0 Å². The van der Waals surface area contributed by atoms with Crippen LogP contribution in [-0.4, -0.2) is 22.5 Å². The van der Waals surface area contributed by atoms with Crippen molar-refractivity contribution in [3.8, 4) is 0 Å². The van der Waals surface area contributed by atoms with Crippen molar-refractivity contribution >= 4 is 34.9 Å². The molecule has 106 valence electrons. The molecule has 20 heavy (non-hydrogen) atoms. The van der Waals surface area contributed by atoms with Gasteiger partial charge in [0.2, 0.25) is 0 Å². The molecule has 0 atom stereocenters. The van der Waals surface area contributed by atoms with Gasteiger partial charge in [-0.15, -0.1) is 10.2 Å². The molecule has 0 radical (unpaired) electrons. The summed E-state index contributed by atoms with van der Waals surface area (Å²) >= 11 is 4.57. The lowest BCUT2D eigenvalue weighted by molar-refractivity contribution is 0.615. The van der Waals surface area contributed by atoms with Gasteiger partial charge in [-0.3, -0.25) is 0 Å². The number of rotatable bonds is 6. The van der Waals surface area contributed by atoms with Crippen molar-refractivity contribution in [1.29, 1.82) is 0 Å². The minimum absolute atomic E-state index is 0.197. The Bertz CT molecular complexity index is 598. The number of aromatic nitrogens is 2. The molecule has 1 N–H and O–H groups in total. The predicted octanol–water partition coefficient (Wildman–Crippen LogP) is 3.80. The Morgan fingerprint density at radius 2 is 2.10 bits per heavy atom. The van der Waals surface area contributed by atoms with Gasteiger partial charge in [-0.2, -0.15) is 0 Å². The summed E-state index contributed by atoms with van der Waals surface area (Å²) in [5.74, 6) is -0.197. The molecule has 3 nitrogen and oxygen atoms in total. The molecule has 0 unspecified atom stereocenters. The van der Waals surface area contributed by atoms with Crippen LogP contribution in [0.5, 0.6) is 0 Å². The van der Waals surface area contributed by atoms with Gasteiger partial charge in [0.15, 0.2) is 8.68 Å². The molecule has 0 bridgehead atoms. The lowest BCUT2D eigenvalue weighted by atomic mass is 10.2. The van der Waals surface area contributed by atoms with Crippen molar-refractivity contribution in [2.24, 2.45) is 0 Å². The molecule has 0 spiro atoms. The Morgan fingerprint density at radius 3 is 2.80 bits per heavy atom. The van der Waals surface area contributed by atoms with Crippen LogP contribution < -0.4 is 5.32 Å². The van der Waals surface area contributed by atoms with E-state index < -0.39 is 0 Å². The third-order valence-corrected chi connectivity index (χ3v) is 5.79. The van der Waals surface area contributed by atoms with Gasteiger partial charge < -0.3 is 5.32 Å². The molecule has 1 aromatic carbocycles. The summed E-state index contributed by atoms with van der Waals surface area (Å²) in [5, 5.41) is 11.5. The largest absolute Gasteiger partial charge is 0.310 e. The maximum absolute atomic E-state index is 13.7. The second kappa shape index (κ2) is 6.43. The predicted molar refractivity (Wildman–Crippen MR) is 82.1 cm³/mol. The van der Waals surface area contributed by atoms with Crippen molar-refractivity contribution in [1.82, 2.24) is 15.5 Å². The lowest BCUT2D eigenvalue weighted by Gasteiger charge is -2.05. The van der Waals surface area contributed by atoms with Crippen LogP contribution in [0.1, 0.15) is 18.4 Å². The fraction of sp³-hybridized carbons (Fsp3) is 0.385. The maximum Gasteiger partial charge on any atom is 0.179 e. The number of benzene rings is 1. The van der Waals surface area contributed by atoms with Gasteiger partial charge >= 0.3 is 0 Å². The van der Waals surface area contributed by atoms with Crippen LogP contribution in [0, 0.1) is 5.82 Å². The average Bonchev–Trinajstić information content (AvgIpc) is 3.15. The monoisotopic (exact) mass is 327 g/mol. The fourth-order valence-corrected chi connectivity index (χ4v) is 4.27. The van der Waals surface area contributed by atoms with E-state index in [0.717, 1.165) is 25.7 Å². The zero-order valence-corrected chi connectivity index (χ0v) is 13.4. The Kier molecular flexibility index (Phi) is 4.60. The third kappa shape index (κ3) is 3.94. The molecule has 1 heterocycles. The highest BCUT2D eigenvalue weighted by atomic mass is 32.2. The number of halogens is 1.